The molecule has 144 valence electrons. The van der Waals surface area contributed by atoms with Crippen molar-refractivity contribution in [2.75, 3.05) is 13.2 Å². The maximum absolute atomic E-state index is 13.4. The number of amides is 1. The van der Waals surface area contributed by atoms with E-state index in [0.717, 1.165) is 48.4 Å². The summed E-state index contributed by atoms with van der Waals surface area (Å²) in [6, 6.07) is 18.5. The van der Waals surface area contributed by atoms with E-state index in [1.54, 1.807) is 0 Å². The summed E-state index contributed by atoms with van der Waals surface area (Å²) in [5, 5.41) is 1.08. The number of H-pyrrole nitrogens is 1. The molecule has 2 heterocycles. The molecule has 1 aliphatic heterocycles. The second-order valence-electron chi connectivity index (χ2n) is 8.14. The van der Waals surface area contributed by atoms with E-state index in [-0.39, 0.29) is 18.1 Å². The molecule has 1 saturated carbocycles. The molecule has 0 unspecified atom stereocenters. The number of hydrogen-bond acceptors (Lipinski definition) is 2. The summed E-state index contributed by atoms with van der Waals surface area (Å²) < 4.78 is 6.29. The van der Waals surface area contributed by atoms with Crippen LogP contribution in [0.1, 0.15) is 35.2 Å². The van der Waals surface area contributed by atoms with E-state index in [4.69, 9.17) is 4.74 Å². The van der Waals surface area contributed by atoms with E-state index in [9.17, 15) is 4.79 Å². The summed E-state index contributed by atoms with van der Waals surface area (Å²) in [4.78, 5) is 18.6. The fourth-order valence-corrected chi connectivity index (χ4v) is 4.27. The second-order valence-corrected chi connectivity index (χ2v) is 8.14. The molecular weight excluding hydrogens is 348 g/mol. The second kappa shape index (κ2) is 7.44. The predicted molar refractivity (Wildman–Crippen MR) is 110 cm³/mol. The number of benzene rings is 2. The van der Waals surface area contributed by atoms with Crippen molar-refractivity contribution < 1.29 is 9.53 Å². The van der Waals surface area contributed by atoms with Crippen LogP contribution in [0.3, 0.4) is 0 Å². The smallest absolute Gasteiger partial charge is 0.254 e. The Morgan fingerprint density at radius 2 is 1.93 bits per heavy atom. The normalized spacial score (nSPS) is 22.1. The number of fused-ring (bicyclic) bond motifs is 1. The largest absolute Gasteiger partial charge is 0.376 e. The van der Waals surface area contributed by atoms with Crippen LogP contribution in [-0.4, -0.2) is 41.1 Å². The third-order valence-corrected chi connectivity index (χ3v) is 6.08. The zero-order chi connectivity index (χ0) is 18.9. The lowest BCUT2D eigenvalue weighted by Gasteiger charge is -2.28. The summed E-state index contributed by atoms with van der Waals surface area (Å²) in [6.07, 6.45) is 6.37. The average Bonchev–Trinajstić information content (AvgIpc) is 3.30. The Morgan fingerprint density at radius 1 is 1.07 bits per heavy atom. The third-order valence-electron chi connectivity index (χ3n) is 6.08. The molecule has 2 atom stereocenters. The highest BCUT2D eigenvalue weighted by molar-refractivity contribution is 5.98. The minimum absolute atomic E-state index is 0.0931. The van der Waals surface area contributed by atoms with Gasteiger partial charge in [-0.25, -0.2) is 0 Å². The molecule has 2 aromatic carbocycles. The Hall–Kier alpha value is -2.59. The Kier molecular flexibility index (Phi) is 4.65. The molecule has 1 aliphatic carbocycles. The molecule has 3 aromatic rings. The molecule has 1 saturated heterocycles. The monoisotopic (exact) mass is 374 g/mol. The summed E-state index contributed by atoms with van der Waals surface area (Å²) in [6.45, 7) is 1.60. The fourth-order valence-electron chi connectivity index (χ4n) is 4.27. The van der Waals surface area contributed by atoms with Crippen molar-refractivity contribution in [1.29, 1.82) is 0 Å². The first kappa shape index (κ1) is 17.5. The number of likely N-dealkylation sites (tertiary alicyclic amines) is 1. The van der Waals surface area contributed by atoms with Gasteiger partial charge in [-0.15, -0.1) is 0 Å². The molecule has 0 radical (unpaired) electrons. The van der Waals surface area contributed by atoms with Gasteiger partial charge >= 0.3 is 0 Å². The molecule has 4 nitrogen and oxygen atoms in total. The third kappa shape index (κ3) is 3.57. The van der Waals surface area contributed by atoms with Crippen LogP contribution >= 0.6 is 0 Å². The Bertz CT molecular complexity index is 961. The first-order valence-corrected chi connectivity index (χ1v) is 10.3. The Morgan fingerprint density at radius 3 is 2.75 bits per heavy atom. The maximum atomic E-state index is 13.4. The first-order chi connectivity index (χ1) is 13.8. The minimum atomic E-state index is 0.0931. The van der Waals surface area contributed by atoms with Crippen molar-refractivity contribution >= 4 is 16.8 Å². The van der Waals surface area contributed by atoms with E-state index < -0.39 is 0 Å². The van der Waals surface area contributed by atoms with Crippen molar-refractivity contribution in [3.05, 3.63) is 71.9 Å². The minimum Gasteiger partial charge on any atom is -0.376 e. The van der Waals surface area contributed by atoms with Gasteiger partial charge in [-0.1, -0.05) is 30.3 Å². The van der Waals surface area contributed by atoms with Crippen molar-refractivity contribution in [3.63, 3.8) is 0 Å². The van der Waals surface area contributed by atoms with Gasteiger partial charge in [0.15, 0.2) is 0 Å². The van der Waals surface area contributed by atoms with Gasteiger partial charge in [-0.3, -0.25) is 4.79 Å². The number of aromatic amines is 1. The summed E-state index contributed by atoms with van der Waals surface area (Å²) in [7, 11) is 0. The highest BCUT2D eigenvalue weighted by Gasteiger charge is 2.39. The summed E-state index contributed by atoms with van der Waals surface area (Å²) in [5.41, 5.74) is 3.07. The van der Waals surface area contributed by atoms with Crippen LogP contribution in [0, 0.1) is 5.92 Å². The molecule has 2 fully saturated rings. The van der Waals surface area contributed by atoms with E-state index >= 15 is 0 Å². The number of aromatic nitrogens is 1. The maximum Gasteiger partial charge on any atom is 0.254 e. The number of carbonyl (C=O) groups excluding carboxylic acids is 1. The average molecular weight is 374 g/mol. The lowest BCUT2D eigenvalue weighted by atomic mass is 10.0. The molecule has 28 heavy (non-hydrogen) atoms. The number of nitrogens with one attached hydrogen (secondary N) is 1. The molecule has 5 rings (SSSR count). The van der Waals surface area contributed by atoms with Gasteiger partial charge in [-0.2, -0.15) is 0 Å². The van der Waals surface area contributed by atoms with Gasteiger partial charge < -0.3 is 14.6 Å². The van der Waals surface area contributed by atoms with E-state index in [2.05, 4.69) is 29.2 Å². The van der Waals surface area contributed by atoms with Crippen molar-refractivity contribution in [2.45, 2.75) is 37.8 Å². The zero-order valence-electron chi connectivity index (χ0n) is 16.0. The summed E-state index contributed by atoms with van der Waals surface area (Å²) >= 11 is 0. The topological polar surface area (TPSA) is 45.3 Å². The van der Waals surface area contributed by atoms with Crippen LogP contribution in [0.2, 0.25) is 0 Å². The van der Waals surface area contributed by atoms with Gasteiger partial charge in [0.2, 0.25) is 0 Å². The predicted octanol–water partition coefficient (Wildman–Crippen LogP) is 4.42. The van der Waals surface area contributed by atoms with Gasteiger partial charge in [0, 0.05) is 35.8 Å². The zero-order valence-corrected chi connectivity index (χ0v) is 16.0. The van der Waals surface area contributed by atoms with Gasteiger partial charge in [0.05, 0.1) is 12.1 Å². The lowest BCUT2D eigenvalue weighted by molar-refractivity contribution is 0.0200. The summed E-state index contributed by atoms with van der Waals surface area (Å²) in [5.74, 6) is 0.847. The molecule has 0 bridgehead atoms. The molecule has 4 heteroatoms. The van der Waals surface area contributed by atoms with Crippen LogP contribution in [0.5, 0.6) is 0 Å². The molecule has 1 N–H and O–H groups in total. The van der Waals surface area contributed by atoms with E-state index in [0.29, 0.717) is 0 Å². The number of carbonyl (C=O) groups is 1. The molecular formula is C24H26N2O2. The van der Waals surface area contributed by atoms with Crippen LogP contribution < -0.4 is 0 Å². The quantitative estimate of drug-likeness (QED) is 0.694. The number of rotatable bonds is 6. The van der Waals surface area contributed by atoms with Crippen molar-refractivity contribution in [3.8, 4) is 0 Å². The van der Waals surface area contributed by atoms with E-state index in [1.165, 1.54) is 18.4 Å². The lowest BCUT2D eigenvalue weighted by Crippen LogP contribution is -2.42. The Balaban J connectivity index is 1.39. The molecule has 1 amide bonds. The Labute approximate surface area is 165 Å². The van der Waals surface area contributed by atoms with Crippen LogP contribution in [-0.2, 0) is 11.2 Å². The van der Waals surface area contributed by atoms with Crippen LogP contribution in [0.15, 0.2) is 60.8 Å². The number of nitrogens with zero attached hydrogens (tertiary/aromatic N) is 1. The van der Waals surface area contributed by atoms with Gasteiger partial charge in [0.1, 0.15) is 0 Å². The van der Waals surface area contributed by atoms with Gasteiger partial charge in [-0.05, 0) is 61.4 Å². The first-order valence-electron chi connectivity index (χ1n) is 10.3. The van der Waals surface area contributed by atoms with Gasteiger partial charge in [0.25, 0.3) is 5.91 Å². The van der Waals surface area contributed by atoms with Crippen molar-refractivity contribution in [2.24, 2.45) is 5.92 Å². The molecule has 1 aromatic heterocycles. The van der Waals surface area contributed by atoms with Crippen LogP contribution in [0.25, 0.3) is 10.9 Å². The molecule has 0 spiro atoms. The number of ether oxygens (including phenoxy) is 1. The molecule has 2 aliphatic rings. The number of hydrogen-bond donors (Lipinski definition) is 1. The van der Waals surface area contributed by atoms with Crippen molar-refractivity contribution in [1.82, 2.24) is 9.88 Å². The van der Waals surface area contributed by atoms with Crippen LogP contribution in [0.4, 0.5) is 0 Å². The highest BCUT2D eigenvalue weighted by Crippen LogP contribution is 2.32. The standard InChI is InChI=1S/C24H26N2O2/c27-24(20-8-9-21-19(15-20)10-12-25-21)26-13-11-23(28-16-18-6-7-18)22(26)14-17-4-2-1-3-5-17/h1-5,8-10,12,15,18,22-23,25H,6-7,11,13-14,16H2/t22-,23+/m0/s1. The van der Waals surface area contributed by atoms with E-state index in [1.807, 2.05) is 41.4 Å². The fraction of sp³-hybridized carbons (Fsp3) is 0.375. The SMILES string of the molecule is O=C(c1ccc2[nH]ccc2c1)N1CC[C@@H](OCC2CC2)[C@@H]1Cc1ccccc1. The highest BCUT2D eigenvalue weighted by atomic mass is 16.5.